The largest absolute Gasteiger partial charge is 0.354 e. The van der Waals surface area contributed by atoms with E-state index in [1.54, 1.807) is 0 Å². The Kier molecular flexibility index (Phi) is 6.02. The fourth-order valence-electron chi connectivity index (χ4n) is 3.16. The third-order valence-electron chi connectivity index (χ3n) is 4.51. The van der Waals surface area contributed by atoms with Gasteiger partial charge in [-0.15, -0.1) is 12.4 Å². The van der Waals surface area contributed by atoms with Crippen LogP contribution in [0, 0.1) is 5.92 Å². The van der Waals surface area contributed by atoms with Crippen LogP contribution < -0.4 is 11.1 Å². The number of carbonyl (C=O) groups is 1. The molecule has 1 amide bonds. The van der Waals surface area contributed by atoms with Gasteiger partial charge in [-0.1, -0.05) is 12.8 Å². The molecule has 3 unspecified atom stereocenters. The lowest BCUT2D eigenvalue weighted by molar-refractivity contribution is -0.128. The highest BCUT2D eigenvalue weighted by Gasteiger charge is 2.38. The van der Waals surface area contributed by atoms with E-state index in [0.717, 1.165) is 32.2 Å². The lowest BCUT2D eigenvalue weighted by Gasteiger charge is -2.37. The molecule has 1 saturated carbocycles. The van der Waals surface area contributed by atoms with Gasteiger partial charge in [-0.25, -0.2) is 0 Å². The zero-order chi connectivity index (χ0) is 13.2. The minimum atomic E-state index is -0.313. The molecular weight excluding hydrogens is 280 g/mol. The molecule has 3 atom stereocenters. The predicted octanol–water partition coefficient (Wildman–Crippen LogP) is 2.72. The zero-order valence-electron chi connectivity index (χ0n) is 12.0. The number of amides is 1. The minimum absolute atomic E-state index is 0. The van der Waals surface area contributed by atoms with Crippen LogP contribution in [0.3, 0.4) is 0 Å². The number of rotatable bonds is 3. The number of nitrogens with two attached hydrogens (primary N) is 1. The first kappa shape index (κ1) is 17.1. The number of carbonyl (C=O) groups excluding carboxylic acids is 1. The highest BCUT2D eigenvalue weighted by molar-refractivity contribution is 8.00. The van der Waals surface area contributed by atoms with E-state index >= 15 is 0 Å². The molecule has 3 N–H and O–H groups in total. The summed E-state index contributed by atoms with van der Waals surface area (Å²) in [6.07, 6.45) is 6.69. The van der Waals surface area contributed by atoms with Crippen LogP contribution in [0.4, 0.5) is 0 Å². The van der Waals surface area contributed by atoms with Crippen molar-refractivity contribution in [1.82, 2.24) is 5.32 Å². The maximum Gasteiger partial charge on any atom is 0.225 e. The van der Waals surface area contributed by atoms with Crippen LogP contribution in [0.1, 0.15) is 52.4 Å². The van der Waals surface area contributed by atoms with E-state index in [1.807, 2.05) is 18.7 Å². The molecule has 1 saturated heterocycles. The van der Waals surface area contributed by atoms with Crippen molar-refractivity contribution in [2.24, 2.45) is 11.7 Å². The molecule has 5 heteroatoms. The molecule has 0 spiro atoms. The third kappa shape index (κ3) is 4.27. The molecule has 0 aromatic heterocycles. The van der Waals surface area contributed by atoms with Crippen molar-refractivity contribution in [3.63, 3.8) is 0 Å². The second-order valence-electron chi connectivity index (χ2n) is 6.42. The summed E-state index contributed by atoms with van der Waals surface area (Å²) in [5.74, 6) is 1.40. The SMILES string of the molecule is CC1(CNC(=O)C2CCCCC2(C)N)CCCS1.Cl. The first-order valence-electron chi connectivity index (χ1n) is 7.14. The molecule has 1 aliphatic heterocycles. The van der Waals surface area contributed by atoms with Gasteiger partial charge in [0.25, 0.3) is 0 Å². The first-order chi connectivity index (χ1) is 8.43. The second-order valence-corrected chi connectivity index (χ2v) is 8.11. The van der Waals surface area contributed by atoms with Crippen LogP contribution >= 0.6 is 24.2 Å². The molecule has 1 aliphatic carbocycles. The fourth-order valence-corrected chi connectivity index (χ4v) is 4.41. The Labute approximate surface area is 127 Å². The molecule has 3 nitrogen and oxygen atoms in total. The number of nitrogens with one attached hydrogen (secondary N) is 1. The summed E-state index contributed by atoms with van der Waals surface area (Å²) in [4.78, 5) is 12.3. The maximum atomic E-state index is 12.3. The normalized spacial score (nSPS) is 38.6. The topological polar surface area (TPSA) is 55.1 Å². The smallest absolute Gasteiger partial charge is 0.225 e. The van der Waals surface area contributed by atoms with Gasteiger partial charge >= 0.3 is 0 Å². The number of halogens is 1. The summed E-state index contributed by atoms with van der Waals surface area (Å²) in [5.41, 5.74) is 5.96. The van der Waals surface area contributed by atoms with Crippen LogP contribution in [0.2, 0.25) is 0 Å². The van der Waals surface area contributed by atoms with Crippen LogP contribution in [-0.2, 0) is 4.79 Å². The Balaban J connectivity index is 0.00000180. The maximum absolute atomic E-state index is 12.3. The average Bonchev–Trinajstić information content (AvgIpc) is 2.73. The summed E-state index contributed by atoms with van der Waals surface area (Å²) in [6, 6.07) is 0. The lowest BCUT2D eigenvalue weighted by Crippen LogP contribution is -2.54. The Morgan fingerprint density at radius 3 is 2.63 bits per heavy atom. The molecule has 2 aliphatic rings. The molecular formula is C14H27ClN2OS. The van der Waals surface area contributed by atoms with Crippen molar-refractivity contribution >= 4 is 30.1 Å². The quantitative estimate of drug-likeness (QED) is 0.843. The molecule has 0 aromatic rings. The van der Waals surface area contributed by atoms with E-state index in [2.05, 4.69) is 12.2 Å². The molecule has 19 heavy (non-hydrogen) atoms. The third-order valence-corrected chi connectivity index (χ3v) is 6.05. The van der Waals surface area contributed by atoms with Gasteiger partial charge in [0.2, 0.25) is 5.91 Å². The molecule has 0 radical (unpaired) electrons. The van der Waals surface area contributed by atoms with Gasteiger partial charge in [-0.05, 0) is 45.3 Å². The van der Waals surface area contributed by atoms with Crippen LogP contribution in [0.25, 0.3) is 0 Å². The summed E-state index contributed by atoms with van der Waals surface area (Å²) >= 11 is 1.99. The molecule has 2 fully saturated rings. The zero-order valence-corrected chi connectivity index (χ0v) is 13.7. The molecule has 0 bridgehead atoms. The highest BCUT2D eigenvalue weighted by Crippen LogP contribution is 2.37. The van der Waals surface area contributed by atoms with Gasteiger partial charge in [-0.2, -0.15) is 11.8 Å². The molecule has 2 rings (SSSR count). The van der Waals surface area contributed by atoms with Crippen LogP contribution in [-0.4, -0.2) is 28.5 Å². The summed E-state index contributed by atoms with van der Waals surface area (Å²) in [5, 5.41) is 3.15. The predicted molar refractivity (Wildman–Crippen MR) is 84.9 cm³/mol. The van der Waals surface area contributed by atoms with Gasteiger partial charge < -0.3 is 11.1 Å². The van der Waals surface area contributed by atoms with Crippen molar-refractivity contribution < 1.29 is 4.79 Å². The Hall–Kier alpha value is 0.0700. The van der Waals surface area contributed by atoms with Crippen molar-refractivity contribution in [2.75, 3.05) is 12.3 Å². The van der Waals surface area contributed by atoms with E-state index in [1.165, 1.54) is 18.6 Å². The monoisotopic (exact) mass is 306 g/mol. The highest BCUT2D eigenvalue weighted by atomic mass is 35.5. The number of thioether (sulfide) groups is 1. The van der Waals surface area contributed by atoms with E-state index in [0.29, 0.717) is 0 Å². The van der Waals surface area contributed by atoms with E-state index in [9.17, 15) is 4.79 Å². The van der Waals surface area contributed by atoms with E-state index in [-0.39, 0.29) is 34.5 Å². The summed E-state index contributed by atoms with van der Waals surface area (Å²) < 4.78 is 0.245. The second kappa shape index (κ2) is 6.68. The lowest BCUT2D eigenvalue weighted by atomic mass is 9.74. The van der Waals surface area contributed by atoms with Crippen molar-refractivity contribution in [3.8, 4) is 0 Å². The standard InChI is InChI=1S/C14H26N2OS.ClH/c1-13(7-5-9-18-13)10-16-12(17)11-6-3-4-8-14(11,2)15;/h11H,3-10,15H2,1-2H3,(H,16,17);1H. The molecule has 0 aromatic carbocycles. The van der Waals surface area contributed by atoms with Gasteiger partial charge in [0, 0.05) is 16.8 Å². The first-order valence-corrected chi connectivity index (χ1v) is 8.12. The van der Waals surface area contributed by atoms with Crippen LogP contribution in [0.5, 0.6) is 0 Å². The van der Waals surface area contributed by atoms with Crippen molar-refractivity contribution in [1.29, 1.82) is 0 Å². The van der Waals surface area contributed by atoms with E-state index in [4.69, 9.17) is 5.73 Å². The molecule has 1 heterocycles. The van der Waals surface area contributed by atoms with Gasteiger partial charge in [0.15, 0.2) is 0 Å². The van der Waals surface area contributed by atoms with Crippen LogP contribution in [0.15, 0.2) is 0 Å². The minimum Gasteiger partial charge on any atom is -0.354 e. The van der Waals surface area contributed by atoms with Crippen molar-refractivity contribution in [2.45, 2.75) is 62.7 Å². The van der Waals surface area contributed by atoms with Crippen molar-refractivity contribution in [3.05, 3.63) is 0 Å². The average molecular weight is 307 g/mol. The number of hydrogen-bond donors (Lipinski definition) is 2. The fraction of sp³-hybridized carbons (Fsp3) is 0.929. The van der Waals surface area contributed by atoms with Gasteiger partial charge in [0.05, 0.1) is 5.92 Å². The van der Waals surface area contributed by atoms with Gasteiger partial charge in [-0.3, -0.25) is 4.79 Å². The summed E-state index contributed by atoms with van der Waals surface area (Å²) in [7, 11) is 0. The Morgan fingerprint density at radius 1 is 1.32 bits per heavy atom. The van der Waals surface area contributed by atoms with Gasteiger partial charge in [0.1, 0.15) is 0 Å². The van der Waals surface area contributed by atoms with E-state index < -0.39 is 0 Å². The number of hydrogen-bond acceptors (Lipinski definition) is 3. The Bertz CT molecular complexity index is 317. The Morgan fingerprint density at radius 2 is 2.05 bits per heavy atom. The molecule has 112 valence electrons. The summed E-state index contributed by atoms with van der Waals surface area (Å²) in [6.45, 7) is 5.08.